The van der Waals surface area contributed by atoms with Crippen molar-refractivity contribution in [2.45, 2.75) is 23.1 Å². The minimum atomic E-state index is -4.59. The van der Waals surface area contributed by atoms with Crippen molar-refractivity contribution in [1.82, 2.24) is 4.31 Å². The summed E-state index contributed by atoms with van der Waals surface area (Å²) in [7, 11) is -1.88. The molecule has 2 N–H and O–H groups in total. The highest BCUT2D eigenvalue weighted by molar-refractivity contribution is 7.82. The Labute approximate surface area is 127 Å². The predicted octanol–water partition coefficient (Wildman–Crippen LogP) is 1.03. The van der Waals surface area contributed by atoms with Crippen LogP contribution in [0.2, 0.25) is 0 Å². The third-order valence-electron chi connectivity index (χ3n) is 3.44. The summed E-state index contributed by atoms with van der Waals surface area (Å²) in [5, 5.41) is 28.0. The Balaban J connectivity index is 2.30. The summed E-state index contributed by atoms with van der Waals surface area (Å²) in [4.78, 5) is -0.0438. The van der Waals surface area contributed by atoms with E-state index in [0.29, 0.717) is 6.07 Å². The molecule has 0 radical (unpaired) electrons. The van der Waals surface area contributed by atoms with E-state index >= 15 is 0 Å². The van der Waals surface area contributed by atoms with Crippen LogP contribution in [0.15, 0.2) is 23.1 Å². The van der Waals surface area contributed by atoms with Crippen molar-refractivity contribution in [3.8, 4) is 6.07 Å². The number of benzene rings is 1. The molecule has 5 nitrogen and oxygen atoms in total. The third kappa shape index (κ3) is 3.30. The summed E-state index contributed by atoms with van der Waals surface area (Å²) in [6.07, 6.45) is -4.39. The topological polar surface area (TPSA) is 84.6 Å². The van der Waals surface area contributed by atoms with Crippen molar-refractivity contribution in [2.75, 3.05) is 19.7 Å². The second-order valence-electron chi connectivity index (χ2n) is 5.07. The highest BCUT2D eigenvalue weighted by Gasteiger charge is 2.39. The van der Waals surface area contributed by atoms with Crippen LogP contribution in [-0.2, 0) is 17.2 Å². The third-order valence-corrected chi connectivity index (χ3v) is 4.95. The van der Waals surface area contributed by atoms with Crippen LogP contribution in [0.3, 0.4) is 0 Å². The normalized spacial score (nSPS) is 24.2. The van der Waals surface area contributed by atoms with Crippen molar-refractivity contribution in [2.24, 2.45) is 0 Å². The molecule has 1 aliphatic heterocycles. The standard InChI is InChI=1S/C13H13F3N2O3S/c14-13(15,16)10-1-2-11(9(5-10)6-17)22(21)18-4-3-12(20,7-18)8-19/h1-2,5,19-20H,3-4,7-8H2. The summed E-state index contributed by atoms with van der Waals surface area (Å²) in [6.45, 7) is -0.379. The molecule has 1 aliphatic rings. The SMILES string of the molecule is N#Cc1cc(C(F)(F)F)ccc1S(=O)N1CCC(O)(CO)C1. The lowest BCUT2D eigenvalue weighted by Gasteiger charge is -2.20. The molecule has 0 aliphatic carbocycles. The number of rotatable bonds is 3. The maximum Gasteiger partial charge on any atom is 0.416 e. The Hall–Kier alpha value is -1.47. The van der Waals surface area contributed by atoms with Gasteiger partial charge < -0.3 is 10.2 Å². The van der Waals surface area contributed by atoms with E-state index in [9.17, 15) is 22.5 Å². The van der Waals surface area contributed by atoms with Crippen molar-refractivity contribution in [1.29, 1.82) is 5.26 Å². The van der Waals surface area contributed by atoms with Gasteiger partial charge in [-0.25, -0.2) is 8.51 Å². The van der Waals surface area contributed by atoms with Crippen LogP contribution in [0.5, 0.6) is 0 Å². The molecule has 1 aromatic rings. The number of aliphatic hydroxyl groups is 2. The number of hydrogen-bond donors (Lipinski definition) is 2. The molecule has 1 aromatic carbocycles. The first kappa shape index (κ1) is 16.9. The van der Waals surface area contributed by atoms with Crippen LogP contribution < -0.4 is 0 Å². The number of alkyl halides is 3. The van der Waals surface area contributed by atoms with Gasteiger partial charge in [-0.2, -0.15) is 18.4 Å². The molecule has 1 heterocycles. The number of nitrogens with zero attached hydrogens (tertiary/aromatic N) is 2. The molecule has 0 amide bonds. The van der Waals surface area contributed by atoms with E-state index in [1.165, 1.54) is 4.31 Å². The van der Waals surface area contributed by atoms with Crippen molar-refractivity contribution < 1.29 is 27.6 Å². The fourth-order valence-electron chi connectivity index (χ4n) is 2.17. The van der Waals surface area contributed by atoms with E-state index in [0.717, 1.165) is 12.1 Å². The first-order chi connectivity index (χ1) is 10.2. The summed E-state index contributed by atoms with van der Waals surface area (Å²) in [6, 6.07) is 4.04. The highest BCUT2D eigenvalue weighted by Crippen LogP contribution is 2.32. The Morgan fingerprint density at radius 2 is 2.14 bits per heavy atom. The zero-order valence-corrected chi connectivity index (χ0v) is 12.1. The van der Waals surface area contributed by atoms with E-state index in [2.05, 4.69) is 0 Å². The van der Waals surface area contributed by atoms with Crippen LogP contribution in [-0.4, -0.2) is 44.0 Å². The Morgan fingerprint density at radius 3 is 2.64 bits per heavy atom. The lowest BCUT2D eigenvalue weighted by Crippen LogP contribution is -2.37. The molecule has 1 saturated heterocycles. The fraction of sp³-hybridized carbons (Fsp3) is 0.462. The number of aliphatic hydroxyl groups excluding tert-OH is 1. The average Bonchev–Trinajstić information content (AvgIpc) is 2.88. The van der Waals surface area contributed by atoms with E-state index in [4.69, 9.17) is 10.4 Å². The highest BCUT2D eigenvalue weighted by atomic mass is 32.2. The lowest BCUT2D eigenvalue weighted by atomic mass is 10.1. The Kier molecular flexibility index (Phi) is 4.58. The second kappa shape index (κ2) is 5.96. The minimum absolute atomic E-state index is 0.0438. The molecule has 0 saturated carbocycles. The molecule has 9 heteroatoms. The first-order valence-electron chi connectivity index (χ1n) is 6.31. The summed E-state index contributed by atoms with van der Waals surface area (Å²) >= 11 is 0. The molecule has 0 bridgehead atoms. The Bertz CT molecular complexity index is 644. The molecule has 2 rings (SSSR count). The van der Waals surface area contributed by atoms with Gasteiger partial charge in [0.2, 0.25) is 0 Å². The molecule has 0 aromatic heterocycles. The van der Waals surface area contributed by atoms with Gasteiger partial charge in [0, 0.05) is 13.1 Å². The lowest BCUT2D eigenvalue weighted by molar-refractivity contribution is -0.137. The number of halogens is 3. The molecule has 22 heavy (non-hydrogen) atoms. The van der Waals surface area contributed by atoms with Crippen LogP contribution in [0, 0.1) is 11.3 Å². The summed E-state index contributed by atoms with van der Waals surface area (Å²) in [5.41, 5.74) is -2.69. The molecular formula is C13H13F3N2O3S. The van der Waals surface area contributed by atoms with Crippen LogP contribution in [0.1, 0.15) is 17.5 Å². The van der Waals surface area contributed by atoms with E-state index in [1.54, 1.807) is 6.07 Å². The van der Waals surface area contributed by atoms with E-state index in [1.807, 2.05) is 0 Å². The summed E-state index contributed by atoms with van der Waals surface area (Å²) in [5.74, 6) is 0. The van der Waals surface area contributed by atoms with Gasteiger partial charge in [0.1, 0.15) is 22.7 Å². The average molecular weight is 334 g/mol. The van der Waals surface area contributed by atoms with Crippen LogP contribution in [0.4, 0.5) is 13.2 Å². The van der Waals surface area contributed by atoms with Crippen molar-refractivity contribution in [3.05, 3.63) is 29.3 Å². The van der Waals surface area contributed by atoms with E-state index < -0.39 is 34.9 Å². The number of β-amino-alcohol motifs (C(OH)–C–C–N with tert-alkyl or cyclic N) is 1. The van der Waals surface area contributed by atoms with Gasteiger partial charge in [-0.3, -0.25) is 0 Å². The molecule has 1 fully saturated rings. The monoisotopic (exact) mass is 334 g/mol. The fourth-order valence-corrected chi connectivity index (χ4v) is 3.54. The zero-order chi connectivity index (χ0) is 16.5. The molecular weight excluding hydrogens is 321 g/mol. The van der Waals surface area contributed by atoms with Gasteiger partial charge in [-0.1, -0.05) is 0 Å². The smallest absolute Gasteiger partial charge is 0.393 e. The second-order valence-corrected chi connectivity index (χ2v) is 6.52. The summed E-state index contributed by atoms with van der Waals surface area (Å²) < 4.78 is 51.6. The maximum atomic E-state index is 12.6. The molecule has 2 unspecified atom stereocenters. The van der Waals surface area contributed by atoms with Gasteiger partial charge in [-0.15, -0.1) is 0 Å². The van der Waals surface area contributed by atoms with Gasteiger partial charge >= 0.3 is 6.18 Å². The first-order valence-corrected chi connectivity index (χ1v) is 7.42. The maximum absolute atomic E-state index is 12.6. The Morgan fingerprint density at radius 1 is 1.45 bits per heavy atom. The zero-order valence-electron chi connectivity index (χ0n) is 11.3. The predicted molar refractivity (Wildman–Crippen MR) is 70.8 cm³/mol. The molecule has 120 valence electrons. The van der Waals surface area contributed by atoms with Crippen molar-refractivity contribution in [3.63, 3.8) is 0 Å². The quantitative estimate of drug-likeness (QED) is 0.865. The van der Waals surface area contributed by atoms with E-state index in [-0.39, 0.29) is 30.0 Å². The number of nitriles is 1. The number of hydrogen-bond acceptors (Lipinski definition) is 4. The van der Waals surface area contributed by atoms with Gasteiger partial charge in [0.15, 0.2) is 0 Å². The van der Waals surface area contributed by atoms with Gasteiger partial charge in [0.25, 0.3) is 0 Å². The van der Waals surface area contributed by atoms with Crippen LogP contribution in [0.25, 0.3) is 0 Å². The van der Waals surface area contributed by atoms with Crippen molar-refractivity contribution >= 4 is 11.0 Å². The van der Waals surface area contributed by atoms with Gasteiger partial charge in [-0.05, 0) is 24.6 Å². The molecule has 0 spiro atoms. The van der Waals surface area contributed by atoms with Crippen LogP contribution >= 0.6 is 0 Å². The minimum Gasteiger partial charge on any atom is -0.393 e. The molecule has 2 atom stereocenters. The largest absolute Gasteiger partial charge is 0.416 e. The van der Waals surface area contributed by atoms with Gasteiger partial charge in [0.05, 0.1) is 22.6 Å².